The predicted octanol–water partition coefficient (Wildman–Crippen LogP) is 2.15. The zero-order chi connectivity index (χ0) is 16.8. The minimum Gasteiger partial charge on any atom is -0.389 e. The van der Waals surface area contributed by atoms with Gasteiger partial charge in [-0.15, -0.1) is 0 Å². The molecule has 1 aromatic carbocycles. The summed E-state index contributed by atoms with van der Waals surface area (Å²) in [5, 5.41) is 22.4. The summed E-state index contributed by atoms with van der Waals surface area (Å²) in [4.78, 5) is 2.33. The lowest BCUT2D eigenvalue weighted by molar-refractivity contribution is -0.0181. The third-order valence-corrected chi connectivity index (χ3v) is 4.58. The summed E-state index contributed by atoms with van der Waals surface area (Å²) >= 11 is 0. The van der Waals surface area contributed by atoms with Crippen LogP contribution in [0.25, 0.3) is 0 Å². The molecule has 2 atom stereocenters. The van der Waals surface area contributed by atoms with Crippen molar-refractivity contribution in [3.63, 3.8) is 0 Å². The van der Waals surface area contributed by atoms with E-state index in [1.165, 1.54) is 5.56 Å². The van der Waals surface area contributed by atoms with Crippen LogP contribution in [-0.2, 0) is 6.54 Å². The fraction of sp³-hybridized carbons (Fsp3) is 0.684. The third kappa shape index (κ3) is 7.00. The minimum absolute atomic E-state index is 0.432. The molecule has 23 heavy (non-hydrogen) atoms. The van der Waals surface area contributed by atoms with Gasteiger partial charge in [-0.3, -0.25) is 4.90 Å². The zero-order valence-corrected chi connectivity index (χ0v) is 14.6. The molecule has 4 heteroatoms. The first-order chi connectivity index (χ1) is 10.9. The van der Waals surface area contributed by atoms with Crippen molar-refractivity contribution in [3.05, 3.63) is 35.9 Å². The third-order valence-electron chi connectivity index (χ3n) is 4.58. The maximum atomic E-state index is 9.98. The molecular weight excluding hydrogens is 288 g/mol. The van der Waals surface area contributed by atoms with E-state index in [4.69, 9.17) is 0 Å². The van der Waals surface area contributed by atoms with Crippen LogP contribution in [0.3, 0.4) is 0 Å². The molecule has 0 amide bonds. The number of hydrogen-bond donors (Lipinski definition) is 3. The van der Waals surface area contributed by atoms with Crippen molar-refractivity contribution in [2.45, 2.75) is 57.3 Å². The molecule has 0 spiro atoms. The summed E-state index contributed by atoms with van der Waals surface area (Å²) in [5.41, 5.74) is 0.404. The second kappa shape index (κ2) is 8.25. The molecular formula is C19H32N2O2. The van der Waals surface area contributed by atoms with Crippen molar-refractivity contribution in [1.29, 1.82) is 0 Å². The number of nitrogens with one attached hydrogen (secondary N) is 1. The van der Waals surface area contributed by atoms with Crippen LogP contribution in [0.2, 0.25) is 0 Å². The van der Waals surface area contributed by atoms with E-state index in [9.17, 15) is 10.2 Å². The molecule has 3 N–H and O–H groups in total. The summed E-state index contributed by atoms with van der Waals surface area (Å²) in [7, 11) is 0. The molecule has 0 radical (unpaired) electrons. The lowest BCUT2D eigenvalue weighted by Gasteiger charge is -2.36. The van der Waals surface area contributed by atoms with E-state index in [0.717, 1.165) is 58.4 Å². The van der Waals surface area contributed by atoms with Crippen LogP contribution in [0.15, 0.2) is 30.3 Å². The first kappa shape index (κ1) is 18.4. The monoisotopic (exact) mass is 320 g/mol. The van der Waals surface area contributed by atoms with Gasteiger partial charge in [-0.1, -0.05) is 30.3 Å². The highest BCUT2D eigenvalue weighted by molar-refractivity contribution is 5.14. The van der Waals surface area contributed by atoms with Crippen molar-refractivity contribution < 1.29 is 10.2 Å². The lowest BCUT2D eigenvalue weighted by Crippen LogP contribution is -2.45. The summed E-state index contributed by atoms with van der Waals surface area (Å²) in [6.45, 7) is 8.48. The number of rotatable bonds is 2. The van der Waals surface area contributed by atoms with Crippen LogP contribution in [0.1, 0.15) is 45.1 Å². The van der Waals surface area contributed by atoms with Gasteiger partial charge in [0.05, 0.1) is 11.2 Å². The van der Waals surface area contributed by atoms with Gasteiger partial charge in [0.1, 0.15) is 0 Å². The average molecular weight is 320 g/mol. The zero-order valence-electron chi connectivity index (χ0n) is 14.6. The Hall–Kier alpha value is -0.940. The smallest absolute Gasteiger partial charge is 0.0746 e. The van der Waals surface area contributed by atoms with Crippen LogP contribution in [0, 0.1) is 0 Å². The molecule has 2 aliphatic heterocycles. The van der Waals surface area contributed by atoms with E-state index in [1.807, 2.05) is 19.9 Å². The molecule has 2 heterocycles. The molecule has 1 aromatic rings. The van der Waals surface area contributed by atoms with E-state index in [0.29, 0.717) is 0 Å². The number of nitrogens with zero attached hydrogens (tertiary/aromatic N) is 1. The van der Waals surface area contributed by atoms with Gasteiger partial charge in [-0.2, -0.15) is 0 Å². The second-order valence-corrected chi connectivity index (χ2v) is 7.57. The first-order valence-electron chi connectivity index (χ1n) is 8.78. The van der Waals surface area contributed by atoms with Gasteiger partial charge < -0.3 is 15.5 Å². The van der Waals surface area contributed by atoms with E-state index in [1.54, 1.807) is 0 Å². The topological polar surface area (TPSA) is 55.7 Å². The molecule has 0 saturated carbocycles. The highest BCUT2D eigenvalue weighted by Gasteiger charge is 2.28. The van der Waals surface area contributed by atoms with Crippen molar-refractivity contribution in [2.24, 2.45) is 0 Å². The molecule has 0 bridgehead atoms. The average Bonchev–Trinajstić information content (AvgIpc) is 2.47. The van der Waals surface area contributed by atoms with Gasteiger partial charge in [-0.25, -0.2) is 0 Å². The molecule has 0 aromatic heterocycles. The predicted molar refractivity (Wildman–Crippen MR) is 94.3 cm³/mol. The van der Waals surface area contributed by atoms with E-state index in [2.05, 4.69) is 34.5 Å². The quantitative estimate of drug-likeness (QED) is 0.781. The lowest BCUT2D eigenvalue weighted by atomic mass is 9.95. The van der Waals surface area contributed by atoms with Gasteiger partial charge in [0.2, 0.25) is 0 Å². The Kier molecular flexibility index (Phi) is 6.60. The maximum absolute atomic E-state index is 9.98. The maximum Gasteiger partial charge on any atom is 0.0746 e. The molecule has 0 aliphatic carbocycles. The van der Waals surface area contributed by atoms with Crippen LogP contribution in [0.5, 0.6) is 0 Å². The Labute approximate surface area is 140 Å². The van der Waals surface area contributed by atoms with Crippen molar-refractivity contribution in [3.8, 4) is 0 Å². The Morgan fingerprint density at radius 3 is 2.26 bits per heavy atom. The van der Waals surface area contributed by atoms with Crippen LogP contribution < -0.4 is 5.32 Å². The SMILES string of the molecule is CC1(O)CCCN(Cc2ccccc2)C1.CC1(O)CCCNC1. The Balaban J connectivity index is 0.000000203. The molecule has 130 valence electrons. The molecule has 3 rings (SSSR count). The number of benzene rings is 1. The van der Waals surface area contributed by atoms with Gasteiger partial charge in [0.25, 0.3) is 0 Å². The number of piperidine rings is 2. The summed E-state index contributed by atoms with van der Waals surface area (Å²) < 4.78 is 0. The normalized spacial score (nSPS) is 32.0. The minimum atomic E-state index is -0.493. The number of β-amino-alcohol motifs (C(OH)–C–C–N with tert-alkyl or cyclic N) is 2. The van der Waals surface area contributed by atoms with Crippen LogP contribution in [0.4, 0.5) is 0 Å². The molecule has 2 aliphatic rings. The second-order valence-electron chi connectivity index (χ2n) is 7.57. The van der Waals surface area contributed by atoms with E-state index < -0.39 is 11.2 Å². The van der Waals surface area contributed by atoms with Gasteiger partial charge in [-0.05, 0) is 58.2 Å². The van der Waals surface area contributed by atoms with Gasteiger partial charge >= 0.3 is 0 Å². The van der Waals surface area contributed by atoms with Gasteiger partial charge in [0.15, 0.2) is 0 Å². The fourth-order valence-electron chi connectivity index (χ4n) is 3.34. The summed E-state index contributed by atoms with van der Waals surface area (Å²) in [6.07, 6.45) is 4.07. The van der Waals surface area contributed by atoms with Crippen LogP contribution in [-0.4, -0.2) is 52.5 Å². The summed E-state index contributed by atoms with van der Waals surface area (Å²) in [5.74, 6) is 0. The molecule has 2 fully saturated rings. The van der Waals surface area contributed by atoms with Crippen molar-refractivity contribution in [2.75, 3.05) is 26.2 Å². The van der Waals surface area contributed by atoms with Crippen LogP contribution >= 0.6 is 0 Å². The van der Waals surface area contributed by atoms with Gasteiger partial charge in [0, 0.05) is 19.6 Å². The number of aliphatic hydroxyl groups is 2. The number of likely N-dealkylation sites (tertiary alicyclic amines) is 1. The number of hydrogen-bond acceptors (Lipinski definition) is 4. The molecule has 4 nitrogen and oxygen atoms in total. The molecule has 2 unspecified atom stereocenters. The standard InChI is InChI=1S/C13H19NO.C6H13NO/c1-13(15)8-5-9-14(11-13)10-12-6-3-2-4-7-12;1-6(8)3-2-4-7-5-6/h2-4,6-7,15H,5,8-11H2,1H3;7-8H,2-5H2,1H3. The van der Waals surface area contributed by atoms with Crippen molar-refractivity contribution >= 4 is 0 Å². The first-order valence-corrected chi connectivity index (χ1v) is 8.78. The Morgan fingerprint density at radius 1 is 1.04 bits per heavy atom. The molecule has 2 saturated heterocycles. The highest BCUT2D eigenvalue weighted by Crippen LogP contribution is 2.21. The summed E-state index contributed by atoms with van der Waals surface area (Å²) in [6, 6.07) is 10.5. The Morgan fingerprint density at radius 2 is 1.74 bits per heavy atom. The van der Waals surface area contributed by atoms with E-state index in [-0.39, 0.29) is 0 Å². The largest absolute Gasteiger partial charge is 0.389 e. The van der Waals surface area contributed by atoms with E-state index >= 15 is 0 Å². The van der Waals surface area contributed by atoms with Crippen molar-refractivity contribution in [1.82, 2.24) is 10.2 Å². The highest BCUT2D eigenvalue weighted by atomic mass is 16.3. The Bertz CT molecular complexity index is 452. The fourth-order valence-corrected chi connectivity index (χ4v) is 3.34.